The van der Waals surface area contributed by atoms with Crippen LogP contribution in [0.1, 0.15) is 17.5 Å². The summed E-state index contributed by atoms with van der Waals surface area (Å²) in [6.07, 6.45) is -0.888. The number of hydrogen-bond donors (Lipinski definition) is 1. The van der Waals surface area contributed by atoms with E-state index in [0.717, 1.165) is 5.56 Å². The SMILES string of the molecule is N#Cc1ccccc1CN1C[C@H](F)C[C@H]1C(N)=O. The number of halogens is 1. The van der Waals surface area contributed by atoms with Gasteiger partial charge >= 0.3 is 0 Å². The third kappa shape index (κ3) is 2.49. The van der Waals surface area contributed by atoms with Gasteiger partial charge in [0.1, 0.15) is 6.17 Å². The smallest absolute Gasteiger partial charge is 0.234 e. The van der Waals surface area contributed by atoms with E-state index in [2.05, 4.69) is 6.07 Å². The van der Waals surface area contributed by atoms with Gasteiger partial charge in [0.05, 0.1) is 17.7 Å². The van der Waals surface area contributed by atoms with Gasteiger partial charge in [-0.1, -0.05) is 18.2 Å². The van der Waals surface area contributed by atoms with Crippen LogP contribution in [0.5, 0.6) is 0 Å². The first-order valence-electron chi connectivity index (χ1n) is 5.77. The van der Waals surface area contributed by atoms with Crippen molar-refractivity contribution in [1.29, 1.82) is 5.26 Å². The first kappa shape index (κ1) is 12.5. The van der Waals surface area contributed by atoms with Gasteiger partial charge in [0.2, 0.25) is 5.91 Å². The number of amides is 1. The van der Waals surface area contributed by atoms with E-state index in [9.17, 15) is 9.18 Å². The predicted octanol–water partition coefficient (Wildman–Crippen LogP) is 0.956. The highest BCUT2D eigenvalue weighted by Crippen LogP contribution is 2.23. The first-order chi connectivity index (χ1) is 8.61. The first-order valence-corrected chi connectivity index (χ1v) is 5.77. The fourth-order valence-corrected chi connectivity index (χ4v) is 2.30. The third-order valence-corrected chi connectivity index (χ3v) is 3.19. The van der Waals surface area contributed by atoms with Gasteiger partial charge in [-0.05, 0) is 11.6 Å². The van der Waals surface area contributed by atoms with E-state index < -0.39 is 18.1 Å². The van der Waals surface area contributed by atoms with Crippen LogP contribution in [0.2, 0.25) is 0 Å². The molecule has 0 radical (unpaired) electrons. The summed E-state index contributed by atoms with van der Waals surface area (Å²) >= 11 is 0. The lowest BCUT2D eigenvalue weighted by Gasteiger charge is -2.21. The number of nitriles is 1. The normalized spacial score (nSPS) is 23.8. The molecule has 1 aliphatic heterocycles. The fourth-order valence-electron chi connectivity index (χ4n) is 2.30. The van der Waals surface area contributed by atoms with E-state index in [1.165, 1.54) is 0 Å². The summed E-state index contributed by atoms with van der Waals surface area (Å²) in [6, 6.07) is 8.62. The molecule has 1 saturated heterocycles. The van der Waals surface area contributed by atoms with Crippen LogP contribution in [0.25, 0.3) is 0 Å². The van der Waals surface area contributed by atoms with Crippen LogP contribution in [0.15, 0.2) is 24.3 Å². The maximum absolute atomic E-state index is 13.4. The molecule has 94 valence electrons. The molecule has 0 saturated carbocycles. The number of hydrogen-bond acceptors (Lipinski definition) is 3. The summed E-state index contributed by atoms with van der Waals surface area (Å²) in [4.78, 5) is 12.9. The molecular weight excluding hydrogens is 233 g/mol. The Hall–Kier alpha value is -1.93. The number of carbonyl (C=O) groups excluding carboxylic acids is 1. The van der Waals surface area contributed by atoms with E-state index in [4.69, 9.17) is 11.0 Å². The summed E-state index contributed by atoms with van der Waals surface area (Å²) in [5.74, 6) is -0.510. The highest BCUT2D eigenvalue weighted by Gasteiger charge is 2.35. The van der Waals surface area contributed by atoms with Crippen molar-refractivity contribution in [3.05, 3.63) is 35.4 Å². The van der Waals surface area contributed by atoms with Gasteiger partial charge < -0.3 is 5.73 Å². The van der Waals surface area contributed by atoms with Gasteiger partial charge in [0.15, 0.2) is 0 Å². The molecule has 1 fully saturated rings. The van der Waals surface area contributed by atoms with E-state index in [-0.39, 0.29) is 13.0 Å². The lowest BCUT2D eigenvalue weighted by Crippen LogP contribution is -2.39. The van der Waals surface area contributed by atoms with E-state index in [1.54, 1.807) is 17.0 Å². The summed E-state index contributed by atoms with van der Waals surface area (Å²) in [7, 11) is 0. The average Bonchev–Trinajstić information content (AvgIpc) is 2.71. The molecule has 1 heterocycles. The molecule has 1 aliphatic rings. The van der Waals surface area contributed by atoms with Crippen molar-refractivity contribution < 1.29 is 9.18 Å². The number of likely N-dealkylation sites (tertiary alicyclic amines) is 1. The standard InChI is InChI=1S/C13H14FN3O/c14-11-5-12(13(16)18)17(8-11)7-10-4-2-1-3-9(10)6-15/h1-4,11-12H,5,7-8H2,(H2,16,18)/t11-,12+/m1/s1. The Balaban J connectivity index is 2.18. The zero-order valence-corrected chi connectivity index (χ0v) is 9.84. The van der Waals surface area contributed by atoms with Gasteiger partial charge in [-0.25, -0.2) is 4.39 Å². The molecule has 1 aromatic rings. The summed E-state index contributed by atoms with van der Waals surface area (Å²) in [5.41, 5.74) is 6.60. The summed E-state index contributed by atoms with van der Waals surface area (Å²) in [6.45, 7) is 0.561. The number of nitrogens with two attached hydrogens (primary N) is 1. The highest BCUT2D eigenvalue weighted by atomic mass is 19.1. The molecule has 2 N–H and O–H groups in total. The Morgan fingerprint density at radius 2 is 2.28 bits per heavy atom. The maximum Gasteiger partial charge on any atom is 0.234 e. The van der Waals surface area contributed by atoms with Gasteiger partial charge in [0.25, 0.3) is 0 Å². The second-order valence-electron chi connectivity index (χ2n) is 4.45. The summed E-state index contributed by atoms with van der Waals surface area (Å²) < 4.78 is 13.4. The molecule has 2 atom stereocenters. The van der Waals surface area contributed by atoms with Gasteiger partial charge in [-0.15, -0.1) is 0 Å². The van der Waals surface area contributed by atoms with E-state index in [0.29, 0.717) is 12.1 Å². The van der Waals surface area contributed by atoms with Crippen molar-refractivity contribution in [2.45, 2.75) is 25.2 Å². The molecular formula is C13H14FN3O. The maximum atomic E-state index is 13.4. The Bertz CT molecular complexity index is 497. The van der Waals surface area contributed by atoms with Crippen LogP contribution in [-0.2, 0) is 11.3 Å². The molecule has 1 aromatic carbocycles. The minimum atomic E-state index is -1.03. The molecule has 2 rings (SSSR count). The van der Waals surface area contributed by atoms with Crippen LogP contribution in [0, 0.1) is 11.3 Å². The van der Waals surface area contributed by atoms with Gasteiger partial charge in [-0.2, -0.15) is 5.26 Å². The van der Waals surface area contributed by atoms with Gasteiger partial charge in [-0.3, -0.25) is 9.69 Å². The zero-order valence-electron chi connectivity index (χ0n) is 9.84. The van der Waals surface area contributed by atoms with Crippen LogP contribution < -0.4 is 5.73 Å². The molecule has 0 spiro atoms. The zero-order chi connectivity index (χ0) is 13.1. The van der Waals surface area contributed by atoms with Crippen molar-refractivity contribution in [3.8, 4) is 6.07 Å². The average molecular weight is 247 g/mol. The second-order valence-corrected chi connectivity index (χ2v) is 4.45. The minimum absolute atomic E-state index is 0.143. The van der Waals surface area contributed by atoms with Crippen molar-refractivity contribution in [3.63, 3.8) is 0 Å². The van der Waals surface area contributed by atoms with Crippen molar-refractivity contribution in [2.24, 2.45) is 5.73 Å². The number of alkyl halides is 1. The largest absolute Gasteiger partial charge is 0.368 e. The lowest BCUT2D eigenvalue weighted by molar-refractivity contribution is -0.122. The Kier molecular flexibility index (Phi) is 3.58. The Morgan fingerprint density at radius 1 is 1.56 bits per heavy atom. The van der Waals surface area contributed by atoms with E-state index in [1.807, 2.05) is 12.1 Å². The number of carbonyl (C=O) groups is 1. The molecule has 4 nitrogen and oxygen atoms in total. The molecule has 0 unspecified atom stereocenters. The van der Waals surface area contributed by atoms with Gasteiger partial charge in [0, 0.05) is 19.5 Å². The number of nitrogens with zero attached hydrogens (tertiary/aromatic N) is 2. The van der Waals surface area contributed by atoms with Crippen LogP contribution >= 0.6 is 0 Å². The molecule has 0 aliphatic carbocycles. The Morgan fingerprint density at radius 3 is 2.94 bits per heavy atom. The minimum Gasteiger partial charge on any atom is -0.368 e. The third-order valence-electron chi connectivity index (χ3n) is 3.19. The van der Waals surface area contributed by atoms with Crippen molar-refractivity contribution >= 4 is 5.91 Å². The molecule has 0 bridgehead atoms. The number of benzene rings is 1. The highest BCUT2D eigenvalue weighted by molar-refractivity contribution is 5.80. The quantitative estimate of drug-likeness (QED) is 0.864. The van der Waals surface area contributed by atoms with E-state index >= 15 is 0 Å². The topological polar surface area (TPSA) is 70.1 Å². The number of rotatable bonds is 3. The summed E-state index contributed by atoms with van der Waals surface area (Å²) in [5, 5.41) is 8.99. The second kappa shape index (κ2) is 5.15. The molecule has 18 heavy (non-hydrogen) atoms. The number of primary amides is 1. The van der Waals surface area contributed by atoms with Crippen LogP contribution in [-0.4, -0.2) is 29.6 Å². The van der Waals surface area contributed by atoms with Crippen molar-refractivity contribution in [1.82, 2.24) is 4.90 Å². The molecule has 1 amide bonds. The molecule has 5 heteroatoms. The van der Waals surface area contributed by atoms with Crippen LogP contribution in [0.4, 0.5) is 4.39 Å². The monoisotopic (exact) mass is 247 g/mol. The fraction of sp³-hybridized carbons (Fsp3) is 0.385. The lowest BCUT2D eigenvalue weighted by atomic mass is 10.1. The Labute approximate surface area is 105 Å². The van der Waals surface area contributed by atoms with Crippen molar-refractivity contribution in [2.75, 3.05) is 6.54 Å². The molecule has 0 aromatic heterocycles. The van der Waals surface area contributed by atoms with Crippen LogP contribution in [0.3, 0.4) is 0 Å². The predicted molar refractivity (Wildman–Crippen MR) is 64.1 cm³/mol.